The minimum absolute atomic E-state index is 0.644. The zero-order valence-corrected chi connectivity index (χ0v) is 15.8. The van der Waals surface area contributed by atoms with Crippen molar-refractivity contribution in [1.82, 2.24) is 24.6 Å². The molecular formula is C18H23ClN6. The number of nitrogens with zero attached hydrogens (tertiary/aromatic N) is 5. The Balaban J connectivity index is 2.14. The molecule has 0 saturated heterocycles. The van der Waals surface area contributed by atoms with E-state index in [1.807, 2.05) is 42.8 Å². The first-order valence-corrected chi connectivity index (χ1v) is 8.78. The summed E-state index contributed by atoms with van der Waals surface area (Å²) in [6.07, 6.45) is 0.755. The molecule has 0 spiro atoms. The van der Waals surface area contributed by atoms with Crippen molar-refractivity contribution in [3.63, 3.8) is 0 Å². The van der Waals surface area contributed by atoms with Crippen LogP contribution in [0.15, 0.2) is 24.3 Å². The lowest BCUT2D eigenvalue weighted by molar-refractivity contribution is 0.425. The van der Waals surface area contributed by atoms with Crippen LogP contribution in [0, 0.1) is 6.92 Å². The maximum atomic E-state index is 6.37. The second kappa shape index (κ2) is 7.37. The predicted molar refractivity (Wildman–Crippen MR) is 103 cm³/mol. The molecule has 0 atom stereocenters. The van der Waals surface area contributed by atoms with Gasteiger partial charge in [0.1, 0.15) is 11.6 Å². The highest BCUT2D eigenvalue weighted by molar-refractivity contribution is 6.32. The van der Waals surface area contributed by atoms with Crippen molar-refractivity contribution in [3.05, 3.63) is 40.8 Å². The zero-order valence-electron chi connectivity index (χ0n) is 15.0. The van der Waals surface area contributed by atoms with Crippen LogP contribution in [0.4, 0.5) is 5.82 Å². The fourth-order valence-electron chi connectivity index (χ4n) is 2.70. The number of fused-ring (bicyclic) bond motifs is 1. The van der Waals surface area contributed by atoms with E-state index in [0.717, 1.165) is 53.6 Å². The third-order valence-corrected chi connectivity index (χ3v) is 4.32. The Morgan fingerprint density at radius 3 is 2.64 bits per heavy atom. The summed E-state index contributed by atoms with van der Waals surface area (Å²) in [7, 11) is 4.10. The van der Waals surface area contributed by atoms with Gasteiger partial charge in [-0.3, -0.25) is 0 Å². The first-order chi connectivity index (χ1) is 12.0. The summed E-state index contributed by atoms with van der Waals surface area (Å²) in [5.74, 6) is 1.62. The number of benzene rings is 1. The summed E-state index contributed by atoms with van der Waals surface area (Å²) in [6.45, 7) is 5.75. The van der Waals surface area contributed by atoms with Crippen LogP contribution < -0.4 is 5.32 Å². The molecule has 3 rings (SSSR count). The Morgan fingerprint density at radius 2 is 1.96 bits per heavy atom. The van der Waals surface area contributed by atoms with Gasteiger partial charge in [0.2, 0.25) is 0 Å². The third kappa shape index (κ3) is 3.60. The van der Waals surface area contributed by atoms with Crippen LogP contribution in [0.2, 0.25) is 5.02 Å². The lowest BCUT2D eigenvalue weighted by atomic mass is 10.2. The highest BCUT2D eigenvalue weighted by atomic mass is 35.5. The van der Waals surface area contributed by atoms with Crippen LogP contribution in [0.25, 0.3) is 16.7 Å². The molecule has 0 fully saturated rings. The van der Waals surface area contributed by atoms with Gasteiger partial charge < -0.3 is 10.2 Å². The van der Waals surface area contributed by atoms with Crippen LogP contribution in [0.1, 0.15) is 18.4 Å². The van der Waals surface area contributed by atoms with E-state index in [1.54, 1.807) is 0 Å². The van der Waals surface area contributed by atoms with Gasteiger partial charge in [0.25, 0.3) is 0 Å². The Bertz CT molecular complexity index is 887. The van der Waals surface area contributed by atoms with E-state index < -0.39 is 0 Å². The van der Waals surface area contributed by atoms with E-state index in [4.69, 9.17) is 16.6 Å². The number of aromatic nitrogens is 4. The van der Waals surface area contributed by atoms with Crippen LogP contribution >= 0.6 is 11.6 Å². The van der Waals surface area contributed by atoms with Crippen molar-refractivity contribution in [2.75, 3.05) is 32.5 Å². The highest BCUT2D eigenvalue weighted by Crippen LogP contribution is 2.29. The van der Waals surface area contributed by atoms with Gasteiger partial charge in [-0.15, -0.1) is 0 Å². The van der Waals surface area contributed by atoms with Crippen molar-refractivity contribution in [2.24, 2.45) is 0 Å². The Hall–Kier alpha value is -2.18. The van der Waals surface area contributed by atoms with Crippen LogP contribution in [0.3, 0.4) is 0 Å². The number of aryl methyl sites for hydroxylation is 2. The van der Waals surface area contributed by atoms with E-state index in [1.165, 1.54) is 0 Å². The molecule has 0 aliphatic heterocycles. The molecule has 0 aliphatic carbocycles. The maximum Gasteiger partial charge on any atom is 0.169 e. The topological polar surface area (TPSA) is 58.9 Å². The molecule has 0 unspecified atom stereocenters. The number of hydrogen-bond donors (Lipinski definition) is 1. The summed E-state index contributed by atoms with van der Waals surface area (Å²) in [5, 5.41) is 9.70. The normalized spacial score (nSPS) is 11.4. The molecule has 0 bridgehead atoms. The van der Waals surface area contributed by atoms with Crippen LogP contribution in [0.5, 0.6) is 0 Å². The van der Waals surface area contributed by atoms with Gasteiger partial charge in [0.05, 0.1) is 21.8 Å². The minimum Gasteiger partial charge on any atom is -0.368 e. The molecule has 3 aromatic rings. The molecule has 2 aromatic heterocycles. The van der Waals surface area contributed by atoms with Gasteiger partial charge in [-0.25, -0.2) is 14.6 Å². The van der Waals surface area contributed by atoms with E-state index in [9.17, 15) is 0 Å². The SMILES string of the molecule is CCc1nc(NCCN(C)C)c2c(C)nn(-c3ccccc3Cl)c2n1. The molecular weight excluding hydrogens is 336 g/mol. The summed E-state index contributed by atoms with van der Waals surface area (Å²) in [5.41, 5.74) is 2.48. The smallest absolute Gasteiger partial charge is 0.169 e. The van der Waals surface area contributed by atoms with Gasteiger partial charge in [0, 0.05) is 19.5 Å². The summed E-state index contributed by atoms with van der Waals surface area (Å²) in [6, 6.07) is 7.66. The molecule has 0 aliphatic rings. The number of hydrogen-bond acceptors (Lipinski definition) is 5. The number of nitrogens with one attached hydrogen (secondary N) is 1. The Labute approximate surface area is 152 Å². The molecule has 0 radical (unpaired) electrons. The number of halogens is 1. The van der Waals surface area contributed by atoms with E-state index in [0.29, 0.717) is 5.02 Å². The average Bonchev–Trinajstić information content (AvgIpc) is 2.91. The molecule has 0 saturated carbocycles. The lowest BCUT2D eigenvalue weighted by Crippen LogP contribution is -2.21. The molecule has 2 heterocycles. The quantitative estimate of drug-likeness (QED) is 0.732. The number of para-hydroxylation sites is 1. The van der Waals surface area contributed by atoms with E-state index in [-0.39, 0.29) is 0 Å². The third-order valence-electron chi connectivity index (χ3n) is 4.00. The lowest BCUT2D eigenvalue weighted by Gasteiger charge is -2.12. The van der Waals surface area contributed by atoms with E-state index in [2.05, 4.69) is 34.4 Å². The largest absolute Gasteiger partial charge is 0.368 e. The number of rotatable bonds is 6. The minimum atomic E-state index is 0.644. The second-order valence-corrected chi connectivity index (χ2v) is 6.63. The summed E-state index contributed by atoms with van der Waals surface area (Å²) >= 11 is 6.37. The summed E-state index contributed by atoms with van der Waals surface area (Å²) in [4.78, 5) is 11.5. The van der Waals surface area contributed by atoms with Crippen molar-refractivity contribution in [3.8, 4) is 5.69 Å². The molecule has 25 heavy (non-hydrogen) atoms. The molecule has 0 amide bonds. The molecule has 1 aromatic carbocycles. The second-order valence-electron chi connectivity index (χ2n) is 6.22. The van der Waals surface area contributed by atoms with Crippen molar-refractivity contribution in [2.45, 2.75) is 20.3 Å². The Kier molecular flexibility index (Phi) is 5.20. The summed E-state index contributed by atoms with van der Waals surface area (Å²) < 4.78 is 1.81. The van der Waals surface area contributed by atoms with Crippen molar-refractivity contribution < 1.29 is 0 Å². The van der Waals surface area contributed by atoms with Crippen molar-refractivity contribution in [1.29, 1.82) is 0 Å². The standard InChI is InChI=1S/C18H23ClN6/c1-5-15-21-17(20-10-11-24(3)4)16-12(2)23-25(18(16)22-15)14-9-7-6-8-13(14)19/h6-9H,5,10-11H2,1-4H3,(H,20,21,22). The molecule has 7 heteroatoms. The monoisotopic (exact) mass is 358 g/mol. The van der Waals surface area contributed by atoms with Gasteiger partial charge in [0.15, 0.2) is 5.65 Å². The van der Waals surface area contributed by atoms with Gasteiger partial charge in [-0.1, -0.05) is 30.7 Å². The molecule has 6 nitrogen and oxygen atoms in total. The molecule has 1 N–H and O–H groups in total. The number of anilines is 1. The van der Waals surface area contributed by atoms with Gasteiger partial charge in [-0.05, 0) is 33.2 Å². The van der Waals surface area contributed by atoms with Gasteiger partial charge >= 0.3 is 0 Å². The predicted octanol–water partition coefficient (Wildman–Crippen LogP) is 3.31. The highest BCUT2D eigenvalue weighted by Gasteiger charge is 2.18. The molecule has 132 valence electrons. The van der Waals surface area contributed by atoms with Crippen LogP contribution in [-0.2, 0) is 6.42 Å². The fraction of sp³-hybridized carbons (Fsp3) is 0.389. The van der Waals surface area contributed by atoms with Gasteiger partial charge in [-0.2, -0.15) is 5.10 Å². The fourth-order valence-corrected chi connectivity index (χ4v) is 2.92. The van der Waals surface area contributed by atoms with E-state index >= 15 is 0 Å². The van der Waals surface area contributed by atoms with Crippen molar-refractivity contribution >= 4 is 28.5 Å². The first kappa shape index (κ1) is 17.6. The van der Waals surface area contributed by atoms with Crippen LogP contribution in [-0.4, -0.2) is 51.8 Å². The number of likely N-dealkylation sites (N-methyl/N-ethyl adjacent to an activating group) is 1. The maximum absolute atomic E-state index is 6.37. The zero-order chi connectivity index (χ0) is 18.0. The average molecular weight is 359 g/mol. The first-order valence-electron chi connectivity index (χ1n) is 8.41. The Morgan fingerprint density at radius 1 is 1.20 bits per heavy atom.